The highest BCUT2D eigenvalue weighted by atomic mass is 32.2. The molecule has 1 atom stereocenters. The molecule has 1 aliphatic rings. The zero-order valence-corrected chi connectivity index (χ0v) is 8.36. The molecular formula is C8H17NO2S. The third kappa shape index (κ3) is 3.65. The molecule has 3 nitrogen and oxygen atoms in total. The van der Waals surface area contributed by atoms with Crippen molar-refractivity contribution in [2.45, 2.75) is 6.92 Å². The predicted octanol–water partition coefficient (Wildman–Crippen LogP) is -0.00900. The third-order valence-corrected chi connectivity index (χ3v) is 3.41. The van der Waals surface area contributed by atoms with Crippen molar-refractivity contribution in [2.24, 2.45) is 5.92 Å². The van der Waals surface area contributed by atoms with Crippen molar-refractivity contribution >= 4 is 10.8 Å². The second-order valence-corrected chi connectivity index (χ2v) is 4.65. The quantitative estimate of drug-likeness (QED) is 0.600. The van der Waals surface area contributed by atoms with Crippen molar-refractivity contribution < 1.29 is 8.95 Å². The van der Waals surface area contributed by atoms with Crippen LogP contribution in [-0.2, 0) is 15.5 Å². The number of rotatable bonds is 6. The second-order valence-electron chi connectivity index (χ2n) is 3.03. The van der Waals surface area contributed by atoms with E-state index in [1.165, 1.54) is 0 Å². The molecule has 0 spiro atoms. The van der Waals surface area contributed by atoms with E-state index in [2.05, 4.69) is 5.32 Å². The van der Waals surface area contributed by atoms with Gasteiger partial charge in [-0.3, -0.25) is 4.21 Å². The maximum Gasteiger partial charge on any atom is 0.0581 e. The maximum absolute atomic E-state index is 11.3. The standard InChI is InChI=1S/C8H17NO2S/c1-2-11-3-4-12(10)7-8-5-9-6-8/h8-9H,2-7H2,1H3. The van der Waals surface area contributed by atoms with Gasteiger partial charge in [0.1, 0.15) is 0 Å². The van der Waals surface area contributed by atoms with Crippen LogP contribution < -0.4 is 5.32 Å². The first-order valence-corrected chi connectivity index (χ1v) is 5.95. The van der Waals surface area contributed by atoms with E-state index >= 15 is 0 Å². The Kier molecular flexibility index (Phi) is 4.80. The van der Waals surface area contributed by atoms with Gasteiger partial charge in [-0.1, -0.05) is 0 Å². The Balaban J connectivity index is 1.95. The summed E-state index contributed by atoms with van der Waals surface area (Å²) < 4.78 is 16.5. The Hall–Kier alpha value is 0.0700. The van der Waals surface area contributed by atoms with E-state index in [0.717, 1.165) is 25.4 Å². The van der Waals surface area contributed by atoms with Crippen LogP contribution in [0.15, 0.2) is 0 Å². The van der Waals surface area contributed by atoms with Crippen LogP contribution in [0, 0.1) is 5.92 Å². The van der Waals surface area contributed by atoms with Gasteiger partial charge in [0, 0.05) is 42.0 Å². The van der Waals surface area contributed by atoms with Gasteiger partial charge >= 0.3 is 0 Å². The summed E-state index contributed by atoms with van der Waals surface area (Å²) in [4.78, 5) is 0. The molecule has 1 heterocycles. The smallest absolute Gasteiger partial charge is 0.0581 e. The van der Waals surface area contributed by atoms with Crippen LogP contribution in [0.3, 0.4) is 0 Å². The first-order valence-electron chi connectivity index (χ1n) is 4.46. The van der Waals surface area contributed by atoms with Gasteiger partial charge in [0.25, 0.3) is 0 Å². The fourth-order valence-electron chi connectivity index (χ4n) is 1.11. The topological polar surface area (TPSA) is 38.3 Å². The number of nitrogens with one attached hydrogen (secondary N) is 1. The van der Waals surface area contributed by atoms with Gasteiger partial charge in [-0.15, -0.1) is 0 Å². The van der Waals surface area contributed by atoms with Gasteiger partial charge in [0.2, 0.25) is 0 Å². The molecule has 0 aromatic carbocycles. The molecule has 1 N–H and O–H groups in total. The molecule has 12 heavy (non-hydrogen) atoms. The number of hydrogen-bond donors (Lipinski definition) is 1. The van der Waals surface area contributed by atoms with Crippen LogP contribution >= 0.6 is 0 Å². The minimum atomic E-state index is -0.665. The van der Waals surface area contributed by atoms with Gasteiger partial charge in [0.15, 0.2) is 0 Å². The molecule has 0 aromatic heterocycles. The van der Waals surface area contributed by atoms with Crippen LogP contribution in [0.1, 0.15) is 6.92 Å². The lowest BCUT2D eigenvalue weighted by Crippen LogP contribution is -2.45. The van der Waals surface area contributed by atoms with Crippen LogP contribution in [0.5, 0.6) is 0 Å². The molecule has 1 unspecified atom stereocenters. The Labute approximate surface area is 76.3 Å². The summed E-state index contributed by atoms with van der Waals surface area (Å²) in [5, 5.41) is 3.17. The van der Waals surface area contributed by atoms with Gasteiger partial charge < -0.3 is 10.1 Å². The highest BCUT2D eigenvalue weighted by Crippen LogP contribution is 2.04. The van der Waals surface area contributed by atoms with E-state index < -0.39 is 10.8 Å². The van der Waals surface area contributed by atoms with E-state index in [0.29, 0.717) is 18.3 Å². The zero-order valence-electron chi connectivity index (χ0n) is 7.54. The van der Waals surface area contributed by atoms with Crippen molar-refractivity contribution in [3.8, 4) is 0 Å². The Bertz CT molecular complexity index is 148. The average molecular weight is 191 g/mol. The first-order chi connectivity index (χ1) is 5.83. The fraction of sp³-hybridized carbons (Fsp3) is 1.00. The molecule has 0 saturated carbocycles. The molecule has 0 aliphatic carbocycles. The number of hydrogen-bond acceptors (Lipinski definition) is 3. The van der Waals surface area contributed by atoms with E-state index in [1.54, 1.807) is 0 Å². The van der Waals surface area contributed by atoms with Gasteiger partial charge in [-0.05, 0) is 12.8 Å². The normalized spacial score (nSPS) is 20.4. The van der Waals surface area contributed by atoms with Crippen molar-refractivity contribution in [2.75, 3.05) is 37.8 Å². The summed E-state index contributed by atoms with van der Waals surface area (Å²) in [6, 6.07) is 0. The summed E-state index contributed by atoms with van der Waals surface area (Å²) in [5.41, 5.74) is 0. The molecular weight excluding hydrogens is 174 g/mol. The molecule has 1 aliphatic heterocycles. The molecule has 72 valence electrons. The van der Waals surface area contributed by atoms with E-state index in [9.17, 15) is 4.21 Å². The van der Waals surface area contributed by atoms with Crippen molar-refractivity contribution in [1.29, 1.82) is 0 Å². The number of ether oxygens (including phenoxy) is 1. The van der Waals surface area contributed by atoms with Gasteiger partial charge in [-0.2, -0.15) is 0 Å². The van der Waals surface area contributed by atoms with Crippen LogP contribution in [0.25, 0.3) is 0 Å². The monoisotopic (exact) mass is 191 g/mol. The first kappa shape index (κ1) is 10.2. The van der Waals surface area contributed by atoms with Gasteiger partial charge in [0.05, 0.1) is 6.61 Å². The lowest BCUT2D eigenvalue weighted by Gasteiger charge is -2.26. The molecule has 4 heteroatoms. The largest absolute Gasteiger partial charge is 0.381 e. The molecule has 1 saturated heterocycles. The molecule has 0 aromatic rings. The molecule has 1 rings (SSSR count). The van der Waals surface area contributed by atoms with Crippen LogP contribution in [0.4, 0.5) is 0 Å². The third-order valence-electron chi connectivity index (χ3n) is 1.95. The highest BCUT2D eigenvalue weighted by molar-refractivity contribution is 7.85. The highest BCUT2D eigenvalue weighted by Gasteiger charge is 2.18. The molecule has 0 amide bonds. The Morgan fingerprint density at radius 3 is 2.83 bits per heavy atom. The minimum absolute atomic E-state index is 0.642. The zero-order chi connectivity index (χ0) is 8.81. The summed E-state index contributed by atoms with van der Waals surface area (Å²) in [5.74, 6) is 2.19. The molecule has 1 fully saturated rings. The SMILES string of the molecule is CCOCCS(=O)CC1CNC1. The van der Waals surface area contributed by atoms with E-state index in [-0.39, 0.29) is 0 Å². The Morgan fingerprint density at radius 2 is 2.33 bits per heavy atom. The summed E-state index contributed by atoms with van der Waals surface area (Å²) in [6.07, 6.45) is 0. The Morgan fingerprint density at radius 1 is 1.58 bits per heavy atom. The average Bonchev–Trinajstić information content (AvgIpc) is 1.98. The van der Waals surface area contributed by atoms with Crippen molar-refractivity contribution in [3.05, 3.63) is 0 Å². The molecule has 0 radical (unpaired) electrons. The summed E-state index contributed by atoms with van der Waals surface area (Å²) in [6.45, 7) is 5.41. The molecule has 0 bridgehead atoms. The predicted molar refractivity (Wildman–Crippen MR) is 50.7 cm³/mol. The van der Waals surface area contributed by atoms with Crippen LogP contribution in [0.2, 0.25) is 0 Å². The maximum atomic E-state index is 11.3. The van der Waals surface area contributed by atoms with Gasteiger partial charge in [-0.25, -0.2) is 0 Å². The van der Waals surface area contributed by atoms with Crippen molar-refractivity contribution in [1.82, 2.24) is 5.32 Å². The summed E-state index contributed by atoms with van der Waals surface area (Å²) >= 11 is 0. The van der Waals surface area contributed by atoms with E-state index in [1.807, 2.05) is 6.92 Å². The van der Waals surface area contributed by atoms with Crippen molar-refractivity contribution in [3.63, 3.8) is 0 Å². The second kappa shape index (κ2) is 5.67. The lowest BCUT2D eigenvalue weighted by atomic mass is 10.1. The fourth-order valence-corrected chi connectivity index (χ4v) is 2.34. The van der Waals surface area contributed by atoms with Crippen LogP contribution in [-0.4, -0.2) is 42.0 Å². The minimum Gasteiger partial charge on any atom is -0.381 e. The lowest BCUT2D eigenvalue weighted by molar-refractivity contribution is 0.164. The van der Waals surface area contributed by atoms with E-state index in [4.69, 9.17) is 4.74 Å². The summed E-state index contributed by atoms with van der Waals surface area (Å²) in [7, 11) is -0.665.